The molecule has 3 aliphatic carbocycles. The van der Waals surface area contributed by atoms with Gasteiger partial charge in [0, 0.05) is 5.56 Å². The minimum atomic E-state index is -1.53. The molecule has 0 aromatic heterocycles. The molecule has 1 aromatic rings. The van der Waals surface area contributed by atoms with Gasteiger partial charge in [0.25, 0.3) is 0 Å². The molecule has 1 aromatic carbocycles. The maximum atomic E-state index is 6.71. The van der Waals surface area contributed by atoms with E-state index in [4.69, 9.17) is 18.6 Å². The molecule has 5 unspecified atom stereocenters. The van der Waals surface area contributed by atoms with Gasteiger partial charge in [-0.3, -0.25) is 0 Å². The molecule has 0 spiro atoms. The van der Waals surface area contributed by atoms with Gasteiger partial charge in [-0.25, -0.2) is 0 Å². The molecule has 5 atom stereocenters. The molecule has 4 rings (SSSR count). The highest BCUT2D eigenvalue weighted by molar-refractivity contribution is 6.69. The van der Waals surface area contributed by atoms with Gasteiger partial charge < -0.3 is 18.6 Å². The molecule has 0 saturated heterocycles. The molecule has 0 N–H and O–H groups in total. The van der Waals surface area contributed by atoms with Gasteiger partial charge in [0.2, 0.25) is 5.75 Å². The summed E-state index contributed by atoms with van der Waals surface area (Å²) in [6.07, 6.45) is 7.78. The van der Waals surface area contributed by atoms with Crippen molar-refractivity contribution in [1.82, 2.24) is 0 Å². The summed E-state index contributed by atoms with van der Waals surface area (Å²) in [5.41, 5.74) is 3.11. The number of hydrogen-bond donors (Lipinski definition) is 0. The third-order valence-corrected chi connectivity index (χ3v) is 8.93. The van der Waals surface area contributed by atoms with Gasteiger partial charge in [0.05, 0.1) is 27.4 Å². The van der Waals surface area contributed by atoms with Crippen LogP contribution in [0.2, 0.25) is 19.6 Å². The molecule has 3 aliphatic rings. The largest absolute Gasteiger partial charge is 0.493 e. The van der Waals surface area contributed by atoms with Crippen LogP contribution in [0.4, 0.5) is 0 Å². The Kier molecular flexibility index (Phi) is 5.43. The van der Waals surface area contributed by atoms with Crippen LogP contribution < -0.4 is 14.2 Å². The van der Waals surface area contributed by atoms with Crippen molar-refractivity contribution < 1.29 is 18.6 Å². The molecule has 2 fully saturated rings. The minimum Gasteiger partial charge on any atom is -0.493 e. The second-order valence-corrected chi connectivity index (χ2v) is 14.9. The Hall–Kier alpha value is -1.20. The predicted octanol–water partition coefficient (Wildman–Crippen LogP) is 5.79. The number of ether oxygens (including phenoxy) is 3. The van der Waals surface area contributed by atoms with E-state index in [1.807, 2.05) is 0 Å². The van der Waals surface area contributed by atoms with Gasteiger partial charge in [0.15, 0.2) is 19.8 Å². The topological polar surface area (TPSA) is 36.9 Å². The van der Waals surface area contributed by atoms with E-state index in [1.165, 1.54) is 43.2 Å². The van der Waals surface area contributed by atoms with Gasteiger partial charge >= 0.3 is 0 Å². The van der Waals surface area contributed by atoms with Crippen molar-refractivity contribution in [3.63, 3.8) is 0 Å². The first kappa shape index (κ1) is 21.0. The maximum absolute atomic E-state index is 6.71. The Morgan fingerprint density at radius 1 is 0.931 bits per heavy atom. The zero-order valence-corrected chi connectivity index (χ0v) is 20.3. The number of benzene rings is 1. The fraction of sp³-hybridized carbons (Fsp3) is 0.750. The summed E-state index contributed by atoms with van der Waals surface area (Å²) < 4.78 is 23.8. The molecule has 0 amide bonds. The van der Waals surface area contributed by atoms with Crippen LogP contribution >= 0.6 is 0 Å². The van der Waals surface area contributed by atoms with Crippen LogP contribution in [-0.2, 0) is 10.8 Å². The van der Waals surface area contributed by atoms with Gasteiger partial charge in [-0.15, -0.1) is 0 Å². The average Bonchev–Trinajstić information content (AvgIpc) is 3.00. The summed E-state index contributed by atoms with van der Waals surface area (Å²) in [5.74, 6) is 4.49. The molecule has 0 heterocycles. The Bertz CT molecular complexity index is 771. The monoisotopic (exact) mass is 418 g/mol. The van der Waals surface area contributed by atoms with Crippen molar-refractivity contribution in [2.45, 2.75) is 77.1 Å². The number of hydrogen-bond acceptors (Lipinski definition) is 4. The molecule has 2 saturated carbocycles. The first-order valence-electron chi connectivity index (χ1n) is 11.2. The van der Waals surface area contributed by atoms with Crippen LogP contribution in [0.15, 0.2) is 6.07 Å². The summed E-state index contributed by atoms with van der Waals surface area (Å²) in [5, 5.41) is 0. The minimum absolute atomic E-state index is 0.333. The van der Waals surface area contributed by atoms with E-state index in [9.17, 15) is 0 Å². The van der Waals surface area contributed by atoms with Crippen molar-refractivity contribution in [1.29, 1.82) is 0 Å². The van der Waals surface area contributed by atoms with E-state index in [-0.39, 0.29) is 0 Å². The van der Waals surface area contributed by atoms with E-state index in [2.05, 4.69) is 32.6 Å². The Labute approximate surface area is 177 Å². The molecular weight excluding hydrogens is 380 g/mol. The second-order valence-electron chi connectivity index (χ2n) is 10.5. The van der Waals surface area contributed by atoms with E-state index < -0.39 is 8.32 Å². The molecule has 5 heteroatoms. The van der Waals surface area contributed by atoms with Crippen LogP contribution in [0.1, 0.15) is 56.1 Å². The van der Waals surface area contributed by atoms with Crippen LogP contribution in [0.3, 0.4) is 0 Å². The van der Waals surface area contributed by atoms with E-state index >= 15 is 0 Å². The average molecular weight is 419 g/mol. The SMILES string of the molecule is COc1cc2c(c(OC)c1OC)CCC1C2CCC2(C)C(O[Si](C)(C)C)CCC12. The Balaban J connectivity index is 1.69. The molecule has 0 radical (unpaired) electrons. The molecule has 162 valence electrons. The quantitative estimate of drug-likeness (QED) is 0.567. The third kappa shape index (κ3) is 3.38. The van der Waals surface area contributed by atoms with Crippen molar-refractivity contribution >= 4 is 8.32 Å². The van der Waals surface area contributed by atoms with Crippen LogP contribution in [0, 0.1) is 17.3 Å². The van der Waals surface area contributed by atoms with Gasteiger partial charge in [-0.1, -0.05) is 6.92 Å². The predicted molar refractivity (Wildman–Crippen MR) is 119 cm³/mol. The summed E-state index contributed by atoms with van der Waals surface area (Å²) in [6.45, 7) is 9.52. The first-order valence-corrected chi connectivity index (χ1v) is 14.6. The second kappa shape index (κ2) is 7.49. The molecule has 0 aliphatic heterocycles. The van der Waals surface area contributed by atoms with Crippen molar-refractivity contribution in [2.75, 3.05) is 21.3 Å². The standard InChI is InChI=1S/C24H38O4Si/c1-24-13-12-15-16(19(24)10-11-21(24)28-29(5,6)7)8-9-17-18(15)14-20(25-2)23(27-4)22(17)26-3/h14-16,19,21H,8-13H2,1-7H3. The highest BCUT2D eigenvalue weighted by atomic mass is 28.4. The van der Waals surface area contributed by atoms with Crippen LogP contribution in [0.5, 0.6) is 17.2 Å². The first-order chi connectivity index (χ1) is 13.7. The molecular formula is C24H38O4Si. The zero-order valence-electron chi connectivity index (χ0n) is 19.3. The maximum Gasteiger partial charge on any atom is 0.203 e. The normalized spacial score (nSPS) is 33.5. The van der Waals surface area contributed by atoms with E-state index in [0.29, 0.717) is 17.4 Å². The van der Waals surface area contributed by atoms with Gasteiger partial charge in [-0.05, 0) is 93.0 Å². The third-order valence-electron chi connectivity index (χ3n) is 7.94. The highest BCUT2D eigenvalue weighted by Crippen LogP contribution is 2.63. The smallest absolute Gasteiger partial charge is 0.203 e. The van der Waals surface area contributed by atoms with Crippen LogP contribution in [0.25, 0.3) is 0 Å². The highest BCUT2D eigenvalue weighted by Gasteiger charge is 2.56. The lowest BCUT2D eigenvalue weighted by Crippen LogP contribution is -2.47. The fourth-order valence-corrected chi connectivity index (χ4v) is 8.02. The number of fused-ring (bicyclic) bond motifs is 5. The van der Waals surface area contributed by atoms with E-state index in [0.717, 1.165) is 35.5 Å². The van der Waals surface area contributed by atoms with Crippen molar-refractivity contribution in [3.05, 3.63) is 17.2 Å². The zero-order chi connectivity index (χ0) is 21.0. The summed E-state index contributed by atoms with van der Waals surface area (Å²) >= 11 is 0. The number of rotatable bonds is 5. The lowest BCUT2D eigenvalue weighted by atomic mass is 9.55. The fourth-order valence-electron chi connectivity index (χ4n) is 6.78. The van der Waals surface area contributed by atoms with E-state index in [1.54, 1.807) is 21.3 Å². The molecule has 0 bridgehead atoms. The molecule has 4 nitrogen and oxygen atoms in total. The lowest BCUT2D eigenvalue weighted by molar-refractivity contribution is -0.0142. The van der Waals surface area contributed by atoms with Crippen molar-refractivity contribution in [2.24, 2.45) is 17.3 Å². The van der Waals surface area contributed by atoms with Crippen molar-refractivity contribution in [3.8, 4) is 17.2 Å². The summed E-state index contributed by atoms with van der Waals surface area (Å²) in [4.78, 5) is 0. The summed E-state index contributed by atoms with van der Waals surface area (Å²) in [7, 11) is 3.63. The summed E-state index contributed by atoms with van der Waals surface area (Å²) in [6, 6.07) is 2.24. The molecule has 29 heavy (non-hydrogen) atoms. The number of methoxy groups -OCH3 is 3. The lowest BCUT2D eigenvalue weighted by Gasteiger charge is -2.51. The van der Waals surface area contributed by atoms with Gasteiger partial charge in [-0.2, -0.15) is 0 Å². The van der Waals surface area contributed by atoms with Crippen LogP contribution in [-0.4, -0.2) is 35.8 Å². The van der Waals surface area contributed by atoms with Gasteiger partial charge in [0.1, 0.15) is 0 Å². The Morgan fingerprint density at radius 3 is 2.28 bits per heavy atom. The Morgan fingerprint density at radius 2 is 1.66 bits per heavy atom.